The van der Waals surface area contributed by atoms with Gasteiger partial charge in [0, 0.05) is 18.2 Å². The van der Waals surface area contributed by atoms with Crippen LogP contribution in [0.1, 0.15) is 39.5 Å². The molecule has 1 aromatic carbocycles. The van der Waals surface area contributed by atoms with E-state index in [9.17, 15) is 14.5 Å². The van der Waals surface area contributed by atoms with Crippen molar-refractivity contribution in [2.75, 3.05) is 5.32 Å². The highest BCUT2D eigenvalue weighted by atomic mass is 19.1. The molecule has 104 valence electrons. The predicted octanol–water partition coefficient (Wildman–Crippen LogP) is 4.11. The van der Waals surface area contributed by atoms with Crippen LogP contribution >= 0.6 is 0 Å². The number of rotatable bonds is 3. The monoisotopic (exact) mass is 266 g/mol. The maximum atomic E-state index is 13.7. The molecule has 0 heterocycles. The first kappa shape index (κ1) is 13.8. The average Bonchev–Trinajstić information content (AvgIpc) is 2.34. The zero-order valence-corrected chi connectivity index (χ0v) is 11.3. The Morgan fingerprint density at radius 3 is 2.58 bits per heavy atom. The second-order valence-electron chi connectivity index (χ2n) is 6.00. The number of halogens is 1. The molecule has 5 heteroatoms. The summed E-state index contributed by atoms with van der Waals surface area (Å²) < 4.78 is 13.7. The minimum Gasteiger partial charge on any atom is -0.380 e. The van der Waals surface area contributed by atoms with Crippen molar-refractivity contribution in [2.24, 2.45) is 5.41 Å². The summed E-state index contributed by atoms with van der Waals surface area (Å²) in [4.78, 5) is 10.2. The topological polar surface area (TPSA) is 55.2 Å². The molecule has 2 rings (SSSR count). The van der Waals surface area contributed by atoms with Crippen molar-refractivity contribution in [1.82, 2.24) is 0 Å². The maximum absolute atomic E-state index is 13.7. The van der Waals surface area contributed by atoms with Crippen LogP contribution in [0.4, 0.5) is 15.8 Å². The summed E-state index contributed by atoms with van der Waals surface area (Å²) in [7, 11) is 0. The molecule has 0 unspecified atom stereocenters. The van der Waals surface area contributed by atoms with E-state index in [-0.39, 0.29) is 17.4 Å². The van der Waals surface area contributed by atoms with E-state index < -0.39 is 10.7 Å². The van der Waals surface area contributed by atoms with Gasteiger partial charge >= 0.3 is 0 Å². The number of hydrogen-bond donors (Lipinski definition) is 1. The molecule has 0 aromatic heterocycles. The number of non-ortho nitro benzene ring substituents is 1. The Morgan fingerprint density at radius 2 is 2.00 bits per heavy atom. The van der Waals surface area contributed by atoms with Gasteiger partial charge in [-0.1, -0.05) is 13.8 Å². The van der Waals surface area contributed by atoms with E-state index in [4.69, 9.17) is 0 Å². The molecule has 1 aromatic rings. The standard InChI is InChI=1S/C14H19FN2O2/c1-14(2)7-5-10(6-8-14)16-13-9-11(17(18)19)3-4-12(13)15/h3-4,9-10,16H,5-8H2,1-2H3. The SMILES string of the molecule is CC1(C)CCC(Nc2cc([N+](=O)[O-])ccc2F)CC1. The van der Waals surface area contributed by atoms with Crippen molar-refractivity contribution >= 4 is 11.4 Å². The van der Waals surface area contributed by atoms with Gasteiger partial charge in [-0.25, -0.2) is 4.39 Å². The first-order valence-electron chi connectivity index (χ1n) is 6.58. The van der Waals surface area contributed by atoms with Crippen molar-refractivity contribution in [2.45, 2.75) is 45.6 Å². The number of anilines is 1. The molecule has 0 atom stereocenters. The molecule has 1 aliphatic rings. The van der Waals surface area contributed by atoms with Crippen LogP contribution in [0.15, 0.2) is 18.2 Å². The fraction of sp³-hybridized carbons (Fsp3) is 0.571. The van der Waals surface area contributed by atoms with Crippen LogP contribution < -0.4 is 5.32 Å². The van der Waals surface area contributed by atoms with E-state index in [0.717, 1.165) is 31.7 Å². The zero-order chi connectivity index (χ0) is 14.0. The molecule has 0 radical (unpaired) electrons. The highest BCUT2D eigenvalue weighted by molar-refractivity contribution is 5.52. The van der Waals surface area contributed by atoms with E-state index in [1.807, 2.05) is 0 Å². The number of hydrogen-bond acceptors (Lipinski definition) is 3. The molecule has 1 N–H and O–H groups in total. The van der Waals surface area contributed by atoms with E-state index in [0.29, 0.717) is 5.41 Å². The lowest BCUT2D eigenvalue weighted by Crippen LogP contribution is -2.30. The van der Waals surface area contributed by atoms with E-state index in [2.05, 4.69) is 19.2 Å². The fourth-order valence-electron chi connectivity index (χ4n) is 2.50. The number of nitro benzene ring substituents is 1. The van der Waals surface area contributed by atoms with Gasteiger partial charge in [0.25, 0.3) is 5.69 Å². The molecule has 19 heavy (non-hydrogen) atoms. The third-order valence-electron chi connectivity index (χ3n) is 3.86. The molecule has 0 spiro atoms. The second-order valence-corrected chi connectivity index (χ2v) is 6.00. The van der Waals surface area contributed by atoms with E-state index in [1.165, 1.54) is 12.1 Å². The van der Waals surface area contributed by atoms with Crippen LogP contribution in [0.2, 0.25) is 0 Å². The quantitative estimate of drug-likeness (QED) is 0.661. The molecule has 0 aliphatic heterocycles. The molecule has 1 saturated carbocycles. The third-order valence-corrected chi connectivity index (χ3v) is 3.86. The Balaban J connectivity index is 2.07. The summed E-state index contributed by atoms with van der Waals surface area (Å²) in [5.74, 6) is -0.435. The van der Waals surface area contributed by atoms with Crippen molar-refractivity contribution in [3.8, 4) is 0 Å². The number of benzene rings is 1. The van der Waals surface area contributed by atoms with Crippen molar-refractivity contribution < 1.29 is 9.31 Å². The molecule has 0 bridgehead atoms. The number of nitrogens with zero attached hydrogens (tertiary/aromatic N) is 1. The van der Waals surface area contributed by atoms with Crippen LogP contribution in [0.25, 0.3) is 0 Å². The summed E-state index contributed by atoms with van der Waals surface area (Å²) in [6.07, 6.45) is 4.10. The first-order chi connectivity index (χ1) is 8.87. The fourth-order valence-corrected chi connectivity index (χ4v) is 2.50. The van der Waals surface area contributed by atoms with Crippen LogP contribution in [0.5, 0.6) is 0 Å². The smallest absolute Gasteiger partial charge is 0.271 e. The van der Waals surface area contributed by atoms with Crippen molar-refractivity contribution in [1.29, 1.82) is 0 Å². The molecule has 0 saturated heterocycles. The van der Waals surface area contributed by atoms with Gasteiger partial charge in [0.2, 0.25) is 0 Å². The summed E-state index contributed by atoms with van der Waals surface area (Å²) in [5, 5.41) is 13.8. The molecular weight excluding hydrogens is 247 g/mol. The van der Waals surface area contributed by atoms with Gasteiger partial charge in [-0.05, 0) is 37.2 Å². The van der Waals surface area contributed by atoms with Gasteiger partial charge < -0.3 is 5.32 Å². The normalized spacial score (nSPS) is 19.1. The van der Waals surface area contributed by atoms with Crippen molar-refractivity contribution in [3.05, 3.63) is 34.1 Å². The molecule has 1 fully saturated rings. The minimum absolute atomic E-state index is 0.0833. The van der Waals surface area contributed by atoms with E-state index in [1.54, 1.807) is 0 Å². The molecule has 1 aliphatic carbocycles. The zero-order valence-electron chi connectivity index (χ0n) is 11.3. The van der Waals surface area contributed by atoms with Gasteiger partial charge in [0.15, 0.2) is 0 Å². The lowest BCUT2D eigenvalue weighted by atomic mass is 9.75. The van der Waals surface area contributed by atoms with Gasteiger partial charge in [0.05, 0.1) is 10.6 Å². The Labute approximate surface area is 112 Å². The van der Waals surface area contributed by atoms with Crippen LogP contribution in [-0.2, 0) is 0 Å². The summed E-state index contributed by atoms with van der Waals surface area (Å²) >= 11 is 0. The Morgan fingerprint density at radius 1 is 1.37 bits per heavy atom. The molecular formula is C14H19FN2O2. The van der Waals surface area contributed by atoms with E-state index >= 15 is 0 Å². The Bertz CT molecular complexity index is 478. The summed E-state index contributed by atoms with van der Waals surface area (Å²) in [5.41, 5.74) is 0.498. The summed E-state index contributed by atoms with van der Waals surface area (Å²) in [6.45, 7) is 4.47. The highest BCUT2D eigenvalue weighted by Gasteiger charge is 2.27. The van der Waals surface area contributed by atoms with Gasteiger partial charge in [-0.3, -0.25) is 10.1 Å². The van der Waals surface area contributed by atoms with Gasteiger partial charge in [-0.15, -0.1) is 0 Å². The average molecular weight is 266 g/mol. The maximum Gasteiger partial charge on any atom is 0.271 e. The first-order valence-corrected chi connectivity index (χ1v) is 6.58. The van der Waals surface area contributed by atoms with Crippen LogP contribution in [0, 0.1) is 21.3 Å². The number of nitrogens with one attached hydrogen (secondary N) is 1. The molecule has 0 amide bonds. The highest BCUT2D eigenvalue weighted by Crippen LogP contribution is 2.36. The van der Waals surface area contributed by atoms with Gasteiger partial charge in [-0.2, -0.15) is 0 Å². The summed E-state index contributed by atoms with van der Waals surface area (Å²) in [6, 6.07) is 3.80. The lowest BCUT2D eigenvalue weighted by Gasteiger charge is -2.35. The van der Waals surface area contributed by atoms with Crippen LogP contribution in [-0.4, -0.2) is 11.0 Å². The van der Waals surface area contributed by atoms with Crippen molar-refractivity contribution in [3.63, 3.8) is 0 Å². The third kappa shape index (κ3) is 3.43. The Hall–Kier alpha value is -1.65. The molecule has 4 nitrogen and oxygen atoms in total. The van der Waals surface area contributed by atoms with Gasteiger partial charge in [0.1, 0.15) is 5.82 Å². The minimum atomic E-state index is -0.505. The lowest BCUT2D eigenvalue weighted by molar-refractivity contribution is -0.384. The largest absolute Gasteiger partial charge is 0.380 e. The Kier molecular flexibility index (Phi) is 3.73. The number of nitro groups is 1. The van der Waals surface area contributed by atoms with Crippen LogP contribution in [0.3, 0.4) is 0 Å². The predicted molar refractivity (Wildman–Crippen MR) is 72.7 cm³/mol. The second kappa shape index (κ2) is 5.15.